The van der Waals surface area contributed by atoms with Gasteiger partial charge in [-0.1, -0.05) is 12.1 Å². The fraction of sp³-hybridized carbons (Fsp3) is 0.231. The monoisotopic (exact) mass is 286 g/mol. The number of nitrogens with two attached hydrogens (primary N) is 1. The largest absolute Gasteiger partial charge is 0.416 e. The van der Waals surface area contributed by atoms with Gasteiger partial charge in [-0.05, 0) is 36.8 Å². The minimum Gasteiger partial charge on any atom is -0.271 e. The Labute approximate surface area is 113 Å². The summed E-state index contributed by atoms with van der Waals surface area (Å²) in [4.78, 5) is 2.10. The van der Waals surface area contributed by atoms with E-state index in [0.29, 0.717) is 5.56 Å². The summed E-state index contributed by atoms with van der Waals surface area (Å²) >= 11 is 1.56. The molecule has 1 unspecified atom stereocenters. The lowest BCUT2D eigenvalue weighted by atomic mass is 10.0. The smallest absolute Gasteiger partial charge is 0.271 e. The molecule has 1 aromatic heterocycles. The third kappa shape index (κ3) is 3.15. The van der Waals surface area contributed by atoms with Crippen molar-refractivity contribution in [1.82, 2.24) is 5.43 Å². The summed E-state index contributed by atoms with van der Waals surface area (Å²) in [5.74, 6) is 5.50. The van der Waals surface area contributed by atoms with Gasteiger partial charge >= 0.3 is 6.18 Å². The Kier molecular flexibility index (Phi) is 3.93. The Bertz CT molecular complexity index is 546. The quantitative estimate of drug-likeness (QED) is 0.668. The third-order valence-electron chi connectivity index (χ3n) is 2.78. The molecule has 6 heteroatoms. The van der Waals surface area contributed by atoms with Crippen LogP contribution in [0.5, 0.6) is 0 Å². The fourth-order valence-electron chi connectivity index (χ4n) is 1.82. The van der Waals surface area contributed by atoms with Crippen molar-refractivity contribution in [2.45, 2.75) is 19.1 Å². The number of hydrogen-bond acceptors (Lipinski definition) is 3. The molecule has 0 aliphatic rings. The molecule has 0 fully saturated rings. The fourth-order valence-corrected chi connectivity index (χ4v) is 2.78. The molecule has 1 heterocycles. The normalized spacial score (nSPS) is 13.5. The van der Waals surface area contributed by atoms with Crippen LogP contribution in [0.3, 0.4) is 0 Å². The Morgan fingerprint density at radius 2 is 1.74 bits per heavy atom. The van der Waals surface area contributed by atoms with Gasteiger partial charge in [-0.2, -0.15) is 13.2 Å². The molecule has 0 aliphatic carbocycles. The average Bonchev–Trinajstić information content (AvgIpc) is 2.76. The SMILES string of the molecule is Cc1ccc(C(NN)c2ccc(C(F)(F)F)cc2)s1. The van der Waals surface area contributed by atoms with Gasteiger partial charge in [0.2, 0.25) is 0 Å². The number of hydrogen-bond donors (Lipinski definition) is 2. The lowest BCUT2D eigenvalue weighted by Gasteiger charge is -2.15. The minimum absolute atomic E-state index is 0.291. The van der Waals surface area contributed by atoms with Gasteiger partial charge in [0.15, 0.2) is 0 Å². The van der Waals surface area contributed by atoms with Crippen LogP contribution in [-0.2, 0) is 6.18 Å². The van der Waals surface area contributed by atoms with Crippen molar-refractivity contribution in [3.05, 3.63) is 57.3 Å². The summed E-state index contributed by atoms with van der Waals surface area (Å²) in [5.41, 5.74) is 2.68. The first-order valence-electron chi connectivity index (χ1n) is 5.61. The first kappa shape index (κ1) is 14.0. The molecule has 19 heavy (non-hydrogen) atoms. The van der Waals surface area contributed by atoms with E-state index in [-0.39, 0.29) is 6.04 Å². The van der Waals surface area contributed by atoms with Gasteiger partial charge in [-0.3, -0.25) is 5.84 Å². The van der Waals surface area contributed by atoms with Crippen LogP contribution in [0.2, 0.25) is 0 Å². The van der Waals surface area contributed by atoms with Crippen molar-refractivity contribution in [3.8, 4) is 0 Å². The summed E-state index contributed by atoms with van der Waals surface area (Å²) in [6, 6.07) is 8.61. The van der Waals surface area contributed by atoms with E-state index in [1.165, 1.54) is 12.1 Å². The van der Waals surface area contributed by atoms with Crippen LogP contribution < -0.4 is 11.3 Å². The summed E-state index contributed by atoms with van der Waals surface area (Å²) in [5, 5.41) is 0. The number of benzene rings is 1. The Morgan fingerprint density at radius 1 is 1.11 bits per heavy atom. The lowest BCUT2D eigenvalue weighted by Crippen LogP contribution is -2.28. The molecule has 102 valence electrons. The molecule has 0 spiro atoms. The van der Waals surface area contributed by atoms with E-state index in [0.717, 1.165) is 21.9 Å². The van der Waals surface area contributed by atoms with Gasteiger partial charge in [0.25, 0.3) is 0 Å². The molecule has 0 radical (unpaired) electrons. The van der Waals surface area contributed by atoms with Crippen LogP contribution in [0.4, 0.5) is 13.2 Å². The topological polar surface area (TPSA) is 38.0 Å². The summed E-state index contributed by atoms with van der Waals surface area (Å²) in [6.07, 6.45) is -4.32. The summed E-state index contributed by atoms with van der Waals surface area (Å²) < 4.78 is 37.5. The molecule has 0 saturated carbocycles. The van der Waals surface area contributed by atoms with Gasteiger partial charge in [-0.25, -0.2) is 5.43 Å². The third-order valence-corrected chi connectivity index (χ3v) is 3.85. The maximum Gasteiger partial charge on any atom is 0.416 e. The minimum atomic E-state index is -4.32. The predicted molar refractivity (Wildman–Crippen MR) is 69.7 cm³/mol. The van der Waals surface area contributed by atoms with Gasteiger partial charge in [-0.15, -0.1) is 11.3 Å². The van der Waals surface area contributed by atoms with Gasteiger partial charge < -0.3 is 0 Å². The number of thiophene rings is 1. The number of nitrogens with one attached hydrogen (secondary N) is 1. The van der Waals surface area contributed by atoms with Crippen LogP contribution in [0, 0.1) is 6.92 Å². The van der Waals surface area contributed by atoms with Crippen molar-refractivity contribution < 1.29 is 13.2 Å². The van der Waals surface area contributed by atoms with Crippen LogP contribution in [0.15, 0.2) is 36.4 Å². The second-order valence-corrected chi connectivity index (χ2v) is 5.49. The number of hydrazine groups is 1. The van der Waals surface area contributed by atoms with Gasteiger partial charge in [0.05, 0.1) is 11.6 Å². The number of rotatable bonds is 3. The molecular formula is C13H13F3N2S. The molecule has 1 aromatic carbocycles. The molecule has 0 saturated heterocycles. The highest BCUT2D eigenvalue weighted by Gasteiger charge is 2.30. The molecule has 2 aromatic rings. The van der Waals surface area contributed by atoms with Crippen molar-refractivity contribution in [3.63, 3.8) is 0 Å². The maximum absolute atomic E-state index is 12.5. The summed E-state index contributed by atoms with van der Waals surface area (Å²) in [7, 11) is 0. The second-order valence-electron chi connectivity index (χ2n) is 4.17. The molecule has 3 N–H and O–H groups in total. The van der Waals surface area contributed by atoms with Crippen molar-refractivity contribution in [2.75, 3.05) is 0 Å². The highest BCUT2D eigenvalue weighted by Crippen LogP contribution is 2.32. The standard InChI is InChI=1S/C13H13F3N2S/c1-8-2-7-11(19-8)12(18-17)9-3-5-10(6-4-9)13(14,15)16/h2-7,12,18H,17H2,1H3. The highest BCUT2D eigenvalue weighted by molar-refractivity contribution is 7.12. The predicted octanol–water partition coefficient (Wildman–Crippen LogP) is 3.63. The molecule has 2 rings (SSSR count). The van der Waals surface area contributed by atoms with E-state index >= 15 is 0 Å². The Balaban J connectivity index is 2.30. The lowest BCUT2D eigenvalue weighted by molar-refractivity contribution is -0.137. The molecular weight excluding hydrogens is 273 g/mol. The molecule has 2 nitrogen and oxygen atoms in total. The number of alkyl halides is 3. The highest BCUT2D eigenvalue weighted by atomic mass is 32.1. The Hall–Kier alpha value is -1.37. The van der Waals surface area contributed by atoms with E-state index in [4.69, 9.17) is 5.84 Å². The first-order valence-corrected chi connectivity index (χ1v) is 6.43. The average molecular weight is 286 g/mol. The van der Waals surface area contributed by atoms with Crippen LogP contribution in [-0.4, -0.2) is 0 Å². The molecule has 0 amide bonds. The van der Waals surface area contributed by atoms with E-state index in [9.17, 15) is 13.2 Å². The van der Waals surface area contributed by atoms with Crippen molar-refractivity contribution in [2.24, 2.45) is 5.84 Å². The molecule has 0 bridgehead atoms. The zero-order valence-corrected chi connectivity index (χ0v) is 11.0. The summed E-state index contributed by atoms with van der Waals surface area (Å²) in [6.45, 7) is 1.97. The maximum atomic E-state index is 12.5. The Morgan fingerprint density at radius 3 is 2.16 bits per heavy atom. The van der Waals surface area contributed by atoms with Crippen LogP contribution in [0.1, 0.15) is 26.9 Å². The van der Waals surface area contributed by atoms with Crippen LogP contribution >= 0.6 is 11.3 Å². The zero-order valence-electron chi connectivity index (χ0n) is 10.2. The van der Waals surface area contributed by atoms with Crippen molar-refractivity contribution >= 4 is 11.3 Å². The van der Waals surface area contributed by atoms with E-state index in [1.54, 1.807) is 11.3 Å². The first-order chi connectivity index (χ1) is 8.91. The number of halogens is 3. The van der Waals surface area contributed by atoms with Crippen molar-refractivity contribution in [1.29, 1.82) is 0 Å². The van der Waals surface area contributed by atoms with Gasteiger partial charge in [0, 0.05) is 9.75 Å². The van der Waals surface area contributed by atoms with Crippen LogP contribution in [0.25, 0.3) is 0 Å². The van der Waals surface area contributed by atoms with E-state index in [1.807, 2.05) is 19.1 Å². The number of aryl methyl sites for hydroxylation is 1. The van der Waals surface area contributed by atoms with E-state index < -0.39 is 11.7 Å². The van der Waals surface area contributed by atoms with E-state index in [2.05, 4.69) is 5.43 Å². The molecule has 0 aliphatic heterocycles. The van der Waals surface area contributed by atoms with Gasteiger partial charge in [0.1, 0.15) is 0 Å². The molecule has 1 atom stereocenters. The zero-order chi connectivity index (χ0) is 14.0. The second kappa shape index (κ2) is 5.32.